The van der Waals surface area contributed by atoms with Crippen LogP contribution in [0.15, 0.2) is 53.4 Å². The molecule has 0 aliphatic carbocycles. The Labute approximate surface area is 157 Å². The van der Waals surface area contributed by atoms with Crippen molar-refractivity contribution in [3.05, 3.63) is 65.5 Å². The highest BCUT2D eigenvalue weighted by molar-refractivity contribution is 7.89. The molecule has 27 heavy (non-hydrogen) atoms. The van der Waals surface area contributed by atoms with Crippen LogP contribution in [0.3, 0.4) is 0 Å². The van der Waals surface area contributed by atoms with Gasteiger partial charge in [-0.05, 0) is 32.9 Å². The Morgan fingerprint density at radius 2 is 1.70 bits per heavy atom. The Morgan fingerprint density at radius 1 is 1.07 bits per heavy atom. The topological polar surface area (TPSA) is 105 Å². The van der Waals surface area contributed by atoms with Gasteiger partial charge in [0.15, 0.2) is 11.6 Å². The number of aryl methyl sites for hydroxylation is 1. The van der Waals surface area contributed by atoms with Crippen LogP contribution < -0.4 is 4.72 Å². The van der Waals surface area contributed by atoms with Crippen LogP contribution in [0.5, 0.6) is 0 Å². The zero-order valence-electron chi connectivity index (χ0n) is 15.2. The molecule has 0 spiro atoms. The van der Waals surface area contributed by atoms with E-state index >= 15 is 0 Å². The second-order valence-corrected chi connectivity index (χ2v) is 8.05. The quantitative estimate of drug-likeness (QED) is 0.636. The van der Waals surface area contributed by atoms with Crippen molar-refractivity contribution in [3.8, 4) is 11.4 Å². The van der Waals surface area contributed by atoms with Crippen LogP contribution in [0.4, 0.5) is 0 Å². The summed E-state index contributed by atoms with van der Waals surface area (Å²) in [6, 6.07) is 12.9. The lowest BCUT2D eigenvalue weighted by atomic mass is 10.1. The molecule has 0 fully saturated rings. The number of hydrogen-bond donors (Lipinski definition) is 2. The first-order valence-electron chi connectivity index (χ1n) is 8.39. The zero-order valence-corrected chi connectivity index (χ0v) is 16.0. The largest absolute Gasteiger partial charge is 0.295 e. The second kappa shape index (κ2) is 7.42. The van der Waals surface area contributed by atoms with Gasteiger partial charge in [0, 0.05) is 11.1 Å². The summed E-state index contributed by atoms with van der Waals surface area (Å²) in [5, 5.41) is 6.95. The van der Waals surface area contributed by atoms with Crippen LogP contribution in [-0.4, -0.2) is 29.4 Å². The number of sulfonamides is 1. The molecule has 2 aromatic carbocycles. The van der Waals surface area contributed by atoms with Gasteiger partial charge in [-0.3, -0.25) is 9.89 Å². The molecule has 0 aliphatic rings. The van der Waals surface area contributed by atoms with Crippen LogP contribution in [0.1, 0.15) is 41.6 Å². The molecule has 0 radical (unpaired) electrons. The van der Waals surface area contributed by atoms with Gasteiger partial charge in [0.1, 0.15) is 5.82 Å². The first-order chi connectivity index (χ1) is 12.8. The van der Waals surface area contributed by atoms with E-state index in [1.165, 1.54) is 31.2 Å². The Morgan fingerprint density at radius 3 is 2.30 bits per heavy atom. The van der Waals surface area contributed by atoms with Crippen LogP contribution >= 0.6 is 0 Å². The number of hydrogen-bond acceptors (Lipinski definition) is 5. The van der Waals surface area contributed by atoms with Crippen LogP contribution in [-0.2, 0) is 10.0 Å². The molecule has 0 saturated heterocycles. The average Bonchev–Trinajstić information content (AvgIpc) is 3.12. The van der Waals surface area contributed by atoms with Crippen LogP contribution in [0.25, 0.3) is 11.4 Å². The summed E-state index contributed by atoms with van der Waals surface area (Å²) in [5.74, 6) is 0.793. The fourth-order valence-electron chi connectivity index (χ4n) is 2.53. The minimum atomic E-state index is -3.76. The van der Waals surface area contributed by atoms with Crippen molar-refractivity contribution >= 4 is 15.8 Å². The zero-order chi connectivity index (χ0) is 19.6. The summed E-state index contributed by atoms with van der Waals surface area (Å²) in [5.41, 5.74) is 2.43. The van der Waals surface area contributed by atoms with Crippen molar-refractivity contribution in [2.75, 3.05) is 0 Å². The molecule has 0 amide bonds. The predicted octanol–water partition coefficient (Wildman–Crippen LogP) is 3.02. The minimum absolute atomic E-state index is 0.0811. The molecule has 0 bridgehead atoms. The van der Waals surface area contributed by atoms with E-state index in [1.807, 2.05) is 31.2 Å². The molecule has 1 atom stereocenters. The van der Waals surface area contributed by atoms with E-state index in [0.29, 0.717) is 17.2 Å². The molecule has 140 valence electrons. The Hall–Kier alpha value is -2.84. The number of carbonyl (C=O) groups excluding carboxylic acids is 1. The van der Waals surface area contributed by atoms with Crippen molar-refractivity contribution in [2.24, 2.45) is 0 Å². The van der Waals surface area contributed by atoms with Gasteiger partial charge in [0.25, 0.3) is 0 Å². The van der Waals surface area contributed by atoms with Gasteiger partial charge in [-0.15, -0.1) is 0 Å². The predicted molar refractivity (Wildman–Crippen MR) is 102 cm³/mol. The normalized spacial score (nSPS) is 12.7. The van der Waals surface area contributed by atoms with Crippen LogP contribution in [0.2, 0.25) is 0 Å². The highest BCUT2D eigenvalue weighted by Gasteiger charge is 2.21. The summed E-state index contributed by atoms with van der Waals surface area (Å²) < 4.78 is 27.7. The van der Waals surface area contributed by atoms with E-state index in [0.717, 1.165) is 11.1 Å². The summed E-state index contributed by atoms with van der Waals surface area (Å²) in [6.07, 6.45) is 0. The number of nitrogens with zero attached hydrogens (tertiary/aromatic N) is 2. The number of H-pyrrole nitrogens is 1. The van der Waals surface area contributed by atoms with E-state index in [2.05, 4.69) is 19.9 Å². The molecule has 1 heterocycles. The van der Waals surface area contributed by atoms with Gasteiger partial charge >= 0.3 is 0 Å². The molecule has 1 aromatic heterocycles. The first-order valence-corrected chi connectivity index (χ1v) is 9.87. The standard InChI is InChI=1S/C19H20N4O3S/c1-12-4-6-16(7-5-12)19-20-18(21-22-19)13(2)23-27(25,26)17-10-8-15(9-11-17)14(3)24/h4-11,13,23H,1-3H3,(H,20,21,22). The number of rotatable bonds is 6. The third-order valence-corrected chi connectivity index (χ3v) is 5.68. The van der Waals surface area contributed by atoms with Crippen LogP contribution in [0, 0.1) is 6.92 Å². The van der Waals surface area contributed by atoms with Crippen molar-refractivity contribution < 1.29 is 13.2 Å². The fraction of sp³-hybridized carbons (Fsp3) is 0.211. The van der Waals surface area contributed by atoms with Gasteiger partial charge in [-0.2, -0.15) is 5.10 Å². The number of carbonyl (C=O) groups is 1. The van der Waals surface area contributed by atoms with E-state index in [4.69, 9.17) is 0 Å². The van der Waals surface area contributed by atoms with Crippen molar-refractivity contribution in [2.45, 2.75) is 31.7 Å². The van der Waals surface area contributed by atoms with Gasteiger partial charge in [-0.1, -0.05) is 42.0 Å². The van der Waals surface area contributed by atoms with E-state index in [9.17, 15) is 13.2 Å². The lowest BCUT2D eigenvalue weighted by molar-refractivity contribution is 0.101. The molecular weight excluding hydrogens is 364 g/mol. The van der Waals surface area contributed by atoms with Crippen molar-refractivity contribution in [1.29, 1.82) is 0 Å². The lowest BCUT2D eigenvalue weighted by Gasteiger charge is -2.12. The summed E-state index contributed by atoms with van der Waals surface area (Å²) in [4.78, 5) is 15.8. The maximum Gasteiger partial charge on any atom is 0.241 e. The molecule has 8 heteroatoms. The smallest absolute Gasteiger partial charge is 0.241 e. The molecule has 0 aliphatic heterocycles. The lowest BCUT2D eigenvalue weighted by Crippen LogP contribution is -2.27. The van der Waals surface area contributed by atoms with Crippen molar-refractivity contribution in [3.63, 3.8) is 0 Å². The summed E-state index contributed by atoms with van der Waals surface area (Å²) >= 11 is 0. The van der Waals surface area contributed by atoms with Gasteiger partial charge in [0.2, 0.25) is 10.0 Å². The third-order valence-electron chi connectivity index (χ3n) is 4.13. The Kier molecular flexibility index (Phi) is 5.20. The number of Topliss-reactive ketones (excluding diaryl/α,β-unsaturated/α-hetero) is 1. The molecule has 2 N–H and O–H groups in total. The Bertz CT molecular complexity index is 1060. The number of nitrogens with one attached hydrogen (secondary N) is 2. The monoisotopic (exact) mass is 384 g/mol. The summed E-state index contributed by atoms with van der Waals surface area (Å²) in [6.45, 7) is 5.10. The number of benzene rings is 2. The van der Waals surface area contributed by atoms with E-state index < -0.39 is 16.1 Å². The number of aromatic nitrogens is 3. The van der Waals surface area contributed by atoms with Gasteiger partial charge in [0.05, 0.1) is 10.9 Å². The highest BCUT2D eigenvalue weighted by Crippen LogP contribution is 2.19. The minimum Gasteiger partial charge on any atom is -0.295 e. The third kappa shape index (κ3) is 4.29. The van der Waals surface area contributed by atoms with Gasteiger partial charge in [-0.25, -0.2) is 18.1 Å². The molecule has 1 unspecified atom stereocenters. The number of aromatic amines is 1. The molecule has 7 nitrogen and oxygen atoms in total. The Balaban J connectivity index is 1.77. The highest BCUT2D eigenvalue weighted by atomic mass is 32.2. The van der Waals surface area contributed by atoms with Crippen molar-refractivity contribution in [1.82, 2.24) is 19.9 Å². The van der Waals surface area contributed by atoms with E-state index in [-0.39, 0.29) is 10.7 Å². The fourth-order valence-corrected chi connectivity index (χ4v) is 3.73. The second-order valence-electron chi connectivity index (χ2n) is 6.33. The first kappa shape index (κ1) is 18.9. The SMILES string of the molecule is CC(=O)c1ccc(S(=O)(=O)NC(C)c2nc(-c3ccc(C)cc3)n[nH]2)cc1. The van der Waals surface area contributed by atoms with E-state index in [1.54, 1.807) is 6.92 Å². The average molecular weight is 384 g/mol. The maximum atomic E-state index is 12.6. The maximum absolute atomic E-state index is 12.6. The summed E-state index contributed by atoms with van der Waals surface area (Å²) in [7, 11) is -3.76. The molecule has 3 rings (SSSR count). The molecule has 3 aromatic rings. The van der Waals surface area contributed by atoms with Gasteiger partial charge < -0.3 is 0 Å². The molecule has 0 saturated carbocycles. The molecular formula is C19H20N4O3S. The number of ketones is 1.